The van der Waals surface area contributed by atoms with E-state index >= 15 is 0 Å². The molecule has 0 saturated carbocycles. The first-order chi connectivity index (χ1) is 10.7. The summed E-state index contributed by atoms with van der Waals surface area (Å²) >= 11 is 3.56. The molecule has 114 valence electrons. The van der Waals surface area contributed by atoms with Crippen LogP contribution in [0.2, 0.25) is 0 Å². The molecular weight excluding hydrogens is 312 g/mol. The van der Waals surface area contributed by atoms with Gasteiger partial charge in [-0.3, -0.25) is 0 Å². The minimum absolute atomic E-state index is 0.695. The van der Waals surface area contributed by atoms with Crippen LogP contribution in [0, 0.1) is 13.8 Å². The molecule has 3 heterocycles. The minimum Gasteiger partial charge on any atom is -0.204 e. The number of rotatable bonds is 2. The predicted octanol–water partition coefficient (Wildman–Crippen LogP) is 4.09. The van der Waals surface area contributed by atoms with Gasteiger partial charge in [0.1, 0.15) is 9.86 Å². The molecule has 22 heavy (non-hydrogen) atoms. The van der Waals surface area contributed by atoms with Crippen LogP contribution in [0.3, 0.4) is 0 Å². The molecule has 0 amide bonds. The number of nitrogens with zero attached hydrogens (tertiary/aromatic N) is 4. The number of thioether (sulfide) groups is 1. The third kappa shape index (κ3) is 2.16. The van der Waals surface area contributed by atoms with Crippen LogP contribution in [0.4, 0.5) is 0 Å². The summed E-state index contributed by atoms with van der Waals surface area (Å²) in [5.41, 5.74) is 3.57. The third-order valence-corrected chi connectivity index (χ3v) is 6.03. The molecule has 0 atom stereocenters. The molecular formula is C16H18N4S2. The summed E-state index contributed by atoms with van der Waals surface area (Å²) in [4.78, 5) is 12.3. The van der Waals surface area contributed by atoms with Crippen molar-refractivity contribution in [2.24, 2.45) is 0 Å². The molecule has 0 N–H and O–H groups in total. The van der Waals surface area contributed by atoms with E-state index in [1.54, 1.807) is 11.8 Å². The number of thiophene rings is 1. The van der Waals surface area contributed by atoms with Crippen LogP contribution in [0.25, 0.3) is 16.2 Å². The van der Waals surface area contributed by atoms with Crippen molar-refractivity contribution in [1.82, 2.24) is 19.7 Å². The highest BCUT2D eigenvalue weighted by atomic mass is 32.2. The van der Waals surface area contributed by atoms with Crippen LogP contribution in [0.5, 0.6) is 0 Å². The highest BCUT2D eigenvalue weighted by Crippen LogP contribution is 2.39. The van der Waals surface area contributed by atoms with Crippen molar-refractivity contribution in [3.05, 3.63) is 27.9 Å². The molecule has 0 unspecified atom stereocenters. The molecule has 0 radical (unpaired) electrons. The Labute approximate surface area is 138 Å². The zero-order valence-corrected chi connectivity index (χ0v) is 14.6. The van der Waals surface area contributed by atoms with E-state index in [9.17, 15) is 0 Å². The second kappa shape index (κ2) is 5.35. The van der Waals surface area contributed by atoms with Crippen molar-refractivity contribution in [3.63, 3.8) is 0 Å². The summed E-state index contributed by atoms with van der Waals surface area (Å²) in [6.07, 6.45) is 7.04. The Balaban J connectivity index is 1.97. The van der Waals surface area contributed by atoms with E-state index in [0.717, 1.165) is 21.2 Å². The van der Waals surface area contributed by atoms with Gasteiger partial charge in [-0.05, 0) is 57.4 Å². The van der Waals surface area contributed by atoms with E-state index in [-0.39, 0.29) is 0 Å². The molecule has 0 aliphatic heterocycles. The van der Waals surface area contributed by atoms with Gasteiger partial charge >= 0.3 is 0 Å². The van der Waals surface area contributed by atoms with Crippen LogP contribution >= 0.6 is 23.1 Å². The SMILES string of the molecule is CSc1nc(-n2nc(C)cc2C)nc2sc3c(c12)CCCC3. The molecule has 1 aliphatic carbocycles. The van der Waals surface area contributed by atoms with E-state index < -0.39 is 0 Å². The van der Waals surface area contributed by atoms with Crippen LogP contribution < -0.4 is 0 Å². The summed E-state index contributed by atoms with van der Waals surface area (Å²) in [5.74, 6) is 0.695. The highest BCUT2D eigenvalue weighted by molar-refractivity contribution is 7.98. The van der Waals surface area contributed by atoms with Gasteiger partial charge < -0.3 is 0 Å². The molecule has 0 aromatic carbocycles. The Morgan fingerprint density at radius 2 is 2.00 bits per heavy atom. The first kappa shape index (κ1) is 14.2. The fourth-order valence-corrected chi connectivity index (χ4v) is 5.11. The fraction of sp³-hybridized carbons (Fsp3) is 0.438. The van der Waals surface area contributed by atoms with Crippen molar-refractivity contribution in [3.8, 4) is 5.95 Å². The molecule has 0 bridgehead atoms. The molecule has 0 fully saturated rings. The van der Waals surface area contributed by atoms with Gasteiger partial charge in [-0.25, -0.2) is 9.67 Å². The largest absolute Gasteiger partial charge is 0.253 e. The van der Waals surface area contributed by atoms with Crippen molar-refractivity contribution < 1.29 is 0 Å². The summed E-state index contributed by atoms with van der Waals surface area (Å²) < 4.78 is 1.85. The lowest BCUT2D eigenvalue weighted by Gasteiger charge is -2.11. The van der Waals surface area contributed by atoms with Crippen molar-refractivity contribution in [1.29, 1.82) is 0 Å². The van der Waals surface area contributed by atoms with Gasteiger partial charge in [0.2, 0.25) is 0 Å². The maximum Gasteiger partial charge on any atom is 0.253 e. The van der Waals surface area contributed by atoms with E-state index in [2.05, 4.69) is 17.4 Å². The summed E-state index contributed by atoms with van der Waals surface area (Å²) in [6, 6.07) is 2.06. The molecule has 3 aromatic rings. The maximum absolute atomic E-state index is 4.83. The van der Waals surface area contributed by atoms with Gasteiger partial charge in [0.05, 0.1) is 5.69 Å². The van der Waals surface area contributed by atoms with Gasteiger partial charge in [-0.15, -0.1) is 23.1 Å². The zero-order chi connectivity index (χ0) is 15.3. The standard InChI is InChI=1S/C16H18N4S2/c1-9-8-10(2)20(19-9)16-17-14(21-3)13-11-6-4-5-7-12(11)22-15(13)18-16/h8H,4-7H2,1-3H3. The Bertz CT molecular complexity index is 863. The highest BCUT2D eigenvalue weighted by Gasteiger charge is 2.21. The van der Waals surface area contributed by atoms with E-state index in [1.165, 1.54) is 41.5 Å². The quantitative estimate of drug-likeness (QED) is 0.524. The molecule has 1 aliphatic rings. The molecule has 0 saturated heterocycles. The van der Waals surface area contributed by atoms with E-state index in [4.69, 9.17) is 9.97 Å². The number of aromatic nitrogens is 4. The molecule has 4 rings (SSSR count). The first-order valence-corrected chi connectivity index (χ1v) is 9.61. The fourth-order valence-electron chi connectivity index (χ4n) is 3.19. The summed E-state index contributed by atoms with van der Waals surface area (Å²) in [7, 11) is 0. The van der Waals surface area contributed by atoms with E-state index in [0.29, 0.717) is 5.95 Å². The van der Waals surface area contributed by atoms with Crippen LogP contribution in [0.1, 0.15) is 34.7 Å². The second-order valence-electron chi connectivity index (χ2n) is 5.76. The Kier molecular flexibility index (Phi) is 3.46. The lowest BCUT2D eigenvalue weighted by atomic mass is 9.97. The third-order valence-electron chi connectivity index (χ3n) is 4.16. The normalized spacial score (nSPS) is 14.5. The Hall–Kier alpha value is -1.40. The van der Waals surface area contributed by atoms with Crippen molar-refractivity contribution >= 4 is 33.3 Å². The van der Waals surface area contributed by atoms with Crippen molar-refractivity contribution in [2.45, 2.75) is 44.6 Å². The van der Waals surface area contributed by atoms with Gasteiger partial charge in [0.15, 0.2) is 0 Å². The topological polar surface area (TPSA) is 43.6 Å². The second-order valence-corrected chi connectivity index (χ2v) is 7.64. The lowest BCUT2D eigenvalue weighted by Crippen LogP contribution is -2.06. The summed E-state index contributed by atoms with van der Waals surface area (Å²) in [6.45, 7) is 4.05. The van der Waals surface area contributed by atoms with Crippen molar-refractivity contribution in [2.75, 3.05) is 6.26 Å². The van der Waals surface area contributed by atoms with Crippen LogP contribution in [-0.4, -0.2) is 26.0 Å². The number of aryl methyl sites for hydroxylation is 4. The minimum atomic E-state index is 0.695. The maximum atomic E-state index is 4.83. The van der Waals surface area contributed by atoms with Crippen LogP contribution in [0.15, 0.2) is 11.1 Å². The first-order valence-electron chi connectivity index (χ1n) is 7.57. The predicted molar refractivity (Wildman–Crippen MR) is 92.4 cm³/mol. The smallest absolute Gasteiger partial charge is 0.204 e. The molecule has 6 heteroatoms. The zero-order valence-electron chi connectivity index (χ0n) is 13.0. The van der Waals surface area contributed by atoms with Gasteiger partial charge in [0.25, 0.3) is 5.95 Å². The molecule has 4 nitrogen and oxygen atoms in total. The monoisotopic (exact) mass is 330 g/mol. The number of fused-ring (bicyclic) bond motifs is 3. The molecule has 3 aromatic heterocycles. The van der Waals surface area contributed by atoms with Gasteiger partial charge in [-0.2, -0.15) is 10.1 Å². The Morgan fingerprint density at radius 1 is 1.18 bits per heavy atom. The summed E-state index contributed by atoms with van der Waals surface area (Å²) in [5, 5.41) is 6.91. The average molecular weight is 330 g/mol. The molecule has 0 spiro atoms. The van der Waals surface area contributed by atoms with Gasteiger partial charge in [-0.1, -0.05) is 0 Å². The lowest BCUT2D eigenvalue weighted by molar-refractivity contribution is 0.699. The average Bonchev–Trinajstić information content (AvgIpc) is 3.05. The number of hydrogen-bond donors (Lipinski definition) is 0. The number of hydrogen-bond acceptors (Lipinski definition) is 5. The van der Waals surface area contributed by atoms with Gasteiger partial charge in [0, 0.05) is 16.0 Å². The van der Waals surface area contributed by atoms with E-state index in [1.807, 2.05) is 29.9 Å². The Morgan fingerprint density at radius 3 is 2.73 bits per heavy atom. The van der Waals surface area contributed by atoms with Crippen LogP contribution in [-0.2, 0) is 12.8 Å².